The number of pyridine rings is 1. The third-order valence-electron chi connectivity index (χ3n) is 4.66. The van der Waals surface area contributed by atoms with Crippen LogP contribution in [0.5, 0.6) is 0 Å². The minimum Gasteiger partial charge on any atom is -0.356 e. The molecule has 0 bridgehead atoms. The predicted molar refractivity (Wildman–Crippen MR) is 89.2 cm³/mol. The van der Waals surface area contributed by atoms with Crippen LogP contribution in [-0.2, 0) is 4.79 Å². The fourth-order valence-electron chi connectivity index (χ4n) is 3.12. The van der Waals surface area contributed by atoms with Crippen molar-refractivity contribution >= 4 is 11.7 Å². The zero-order valence-electron chi connectivity index (χ0n) is 13.7. The minimum absolute atomic E-state index is 0.138. The lowest BCUT2D eigenvalue weighted by atomic mass is 10.0. The van der Waals surface area contributed by atoms with Crippen LogP contribution in [0.1, 0.15) is 25.8 Å². The normalized spacial score (nSPS) is 17.0. The van der Waals surface area contributed by atoms with Crippen molar-refractivity contribution < 1.29 is 4.79 Å². The van der Waals surface area contributed by atoms with E-state index in [2.05, 4.69) is 14.9 Å². The number of likely N-dealkylation sites (N-methyl/N-ethyl adjacent to an activating group) is 1. The van der Waals surface area contributed by atoms with Crippen LogP contribution in [0.15, 0.2) is 43.1 Å². The van der Waals surface area contributed by atoms with E-state index in [4.69, 9.17) is 0 Å². The highest BCUT2D eigenvalue weighted by Gasteiger charge is 2.28. The van der Waals surface area contributed by atoms with Gasteiger partial charge in [0.05, 0.1) is 6.33 Å². The molecule has 0 unspecified atom stereocenters. The third kappa shape index (κ3) is 3.36. The van der Waals surface area contributed by atoms with Crippen LogP contribution in [0, 0.1) is 0 Å². The maximum atomic E-state index is 12.6. The maximum Gasteiger partial charge on any atom is 0.245 e. The highest BCUT2D eigenvalue weighted by molar-refractivity contribution is 5.80. The molecule has 0 aromatic carbocycles. The van der Waals surface area contributed by atoms with Crippen molar-refractivity contribution in [3.63, 3.8) is 0 Å². The third-order valence-corrected chi connectivity index (χ3v) is 4.66. The Balaban J connectivity index is 1.58. The first kappa shape index (κ1) is 15.5. The molecule has 0 aliphatic carbocycles. The van der Waals surface area contributed by atoms with Gasteiger partial charge in [-0.2, -0.15) is 0 Å². The van der Waals surface area contributed by atoms with Crippen molar-refractivity contribution in [2.45, 2.75) is 31.8 Å². The van der Waals surface area contributed by atoms with Crippen LogP contribution in [0.25, 0.3) is 0 Å². The number of imidazole rings is 1. The maximum absolute atomic E-state index is 12.6. The SMILES string of the molecule is C[C@@H](C(=O)N(C)C1CCN(c2ccccn2)CC1)n1ccnc1. The first-order valence-corrected chi connectivity index (χ1v) is 8.07. The second-order valence-corrected chi connectivity index (χ2v) is 6.04. The summed E-state index contributed by atoms with van der Waals surface area (Å²) in [5, 5.41) is 0. The molecule has 1 aliphatic heterocycles. The molecule has 0 N–H and O–H groups in total. The van der Waals surface area contributed by atoms with Crippen molar-refractivity contribution in [3.05, 3.63) is 43.1 Å². The topological polar surface area (TPSA) is 54.3 Å². The highest BCUT2D eigenvalue weighted by Crippen LogP contribution is 2.22. The molecule has 3 heterocycles. The van der Waals surface area contributed by atoms with E-state index < -0.39 is 0 Å². The van der Waals surface area contributed by atoms with Gasteiger partial charge >= 0.3 is 0 Å². The van der Waals surface area contributed by atoms with E-state index in [0.29, 0.717) is 0 Å². The van der Waals surface area contributed by atoms with Gasteiger partial charge in [0.1, 0.15) is 11.9 Å². The molecule has 1 aliphatic rings. The standard InChI is InChI=1S/C17H23N5O/c1-14(22-12-9-18-13-22)17(23)20(2)15-6-10-21(11-7-15)16-5-3-4-8-19-16/h3-5,8-9,12-15H,6-7,10-11H2,1-2H3/t14-/m0/s1. The van der Waals surface area contributed by atoms with E-state index in [-0.39, 0.29) is 18.0 Å². The van der Waals surface area contributed by atoms with E-state index in [1.807, 2.05) is 54.0 Å². The smallest absolute Gasteiger partial charge is 0.245 e. The molecule has 3 rings (SSSR count). The first-order chi connectivity index (χ1) is 11.2. The minimum atomic E-state index is -0.212. The molecule has 122 valence electrons. The fourth-order valence-corrected chi connectivity index (χ4v) is 3.12. The van der Waals surface area contributed by atoms with Gasteiger partial charge in [0.2, 0.25) is 5.91 Å². The molecule has 1 amide bonds. The Bertz CT molecular complexity index is 620. The summed E-state index contributed by atoms with van der Waals surface area (Å²) >= 11 is 0. The van der Waals surface area contributed by atoms with Gasteiger partial charge in [-0.05, 0) is 31.9 Å². The Labute approximate surface area is 136 Å². The summed E-state index contributed by atoms with van der Waals surface area (Å²) in [5.41, 5.74) is 0. The largest absolute Gasteiger partial charge is 0.356 e. The second-order valence-electron chi connectivity index (χ2n) is 6.04. The van der Waals surface area contributed by atoms with Crippen LogP contribution >= 0.6 is 0 Å². The molecule has 6 heteroatoms. The lowest BCUT2D eigenvalue weighted by Crippen LogP contribution is -2.47. The number of hydrogen-bond acceptors (Lipinski definition) is 4. The summed E-state index contributed by atoms with van der Waals surface area (Å²) in [4.78, 5) is 25.3. The predicted octanol–water partition coefficient (Wildman–Crippen LogP) is 1.97. The van der Waals surface area contributed by atoms with E-state index in [1.165, 1.54) is 0 Å². The van der Waals surface area contributed by atoms with Crippen molar-refractivity contribution in [2.24, 2.45) is 0 Å². The molecule has 1 fully saturated rings. The summed E-state index contributed by atoms with van der Waals surface area (Å²) in [5.74, 6) is 1.16. The molecule has 1 saturated heterocycles. The number of carbonyl (C=O) groups excluding carboxylic acids is 1. The summed E-state index contributed by atoms with van der Waals surface area (Å²) < 4.78 is 1.85. The quantitative estimate of drug-likeness (QED) is 0.866. The zero-order valence-corrected chi connectivity index (χ0v) is 13.7. The summed E-state index contributed by atoms with van der Waals surface area (Å²) in [7, 11) is 1.91. The molecule has 0 saturated carbocycles. The number of nitrogens with zero attached hydrogens (tertiary/aromatic N) is 5. The van der Waals surface area contributed by atoms with E-state index in [0.717, 1.165) is 31.7 Å². The monoisotopic (exact) mass is 313 g/mol. The summed E-state index contributed by atoms with van der Waals surface area (Å²) in [6.45, 7) is 3.78. The molecular weight excluding hydrogens is 290 g/mol. The number of aromatic nitrogens is 3. The number of hydrogen-bond donors (Lipinski definition) is 0. The number of carbonyl (C=O) groups is 1. The number of amides is 1. The lowest BCUT2D eigenvalue weighted by molar-refractivity contribution is -0.135. The molecule has 6 nitrogen and oxygen atoms in total. The van der Waals surface area contributed by atoms with Gasteiger partial charge in [-0.25, -0.2) is 9.97 Å². The summed E-state index contributed by atoms with van der Waals surface area (Å²) in [6, 6.07) is 6.05. The van der Waals surface area contributed by atoms with Crippen LogP contribution in [0.2, 0.25) is 0 Å². The second kappa shape index (κ2) is 6.81. The lowest BCUT2D eigenvalue weighted by Gasteiger charge is -2.38. The molecule has 2 aromatic heterocycles. The number of rotatable bonds is 4. The van der Waals surface area contributed by atoms with Crippen LogP contribution < -0.4 is 4.90 Å². The molecule has 0 radical (unpaired) electrons. The van der Waals surface area contributed by atoms with Gasteiger partial charge in [-0.1, -0.05) is 6.07 Å². The zero-order chi connectivity index (χ0) is 16.2. The molecule has 2 aromatic rings. The average Bonchev–Trinajstić information content (AvgIpc) is 3.15. The van der Waals surface area contributed by atoms with Gasteiger partial charge in [-0.15, -0.1) is 0 Å². The Morgan fingerprint density at radius 2 is 2.09 bits per heavy atom. The van der Waals surface area contributed by atoms with Crippen LogP contribution in [0.3, 0.4) is 0 Å². The van der Waals surface area contributed by atoms with Gasteiger partial charge in [0, 0.05) is 44.8 Å². The van der Waals surface area contributed by atoms with E-state index in [1.54, 1.807) is 12.5 Å². The van der Waals surface area contributed by atoms with Crippen molar-refractivity contribution in [3.8, 4) is 0 Å². The first-order valence-electron chi connectivity index (χ1n) is 8.07. The van der Waals surface area contributed by atoms with Crippen LogP contribution in [0.4, 0.5) is 5.82 Å². The highest BCUT2D eigenvalue weighted by atomic mass is 16.2. The molecule has 23 heavy (non-hydrogen) atoms. The van der Waals surface area contributed by atoms with Gasteiger partial charge in [0.15, 0.2) is 0 Å². The molecule has 0 spiro atoms. The fraction of sp³-hybridized carbons (Fsp3) is 0.471. The van der Waals surface area contributed by atoms with Crippen LogP contribution in [-0.4, -0.2) is 51.5 Å². The molecular formula is C17H23N5O. The Hall–Kier alpha value is -2.37. The number of piperidine rings is 1. The Morgan fingerprint density at radius 1 is 1.30 bits per heavy atom. The van der Waals surface area contributed by atoms with Crippen molar-refractivity contribution in [1.82, 2.24) is 19.4 Å². The average molecular weight is 313 g/mol. The number of anilines is 1. The van der Waals surface area contributed by atoms with E-state index in [9.17, 15) is 4.79 Å². The van der Waals surface area contributed by atoms with Crippen molar-refractivity contribution in [1.29, 1.82) is 0 Å². The Morgan fingerprint density at radius 3 is 2.70 bits per heavy atom. The van der Waals surface area contributed by atoms with Gasteiger partial charge in [-0.3, -0.25) is 4.79 Å². The van der Waals surface area contributed by atoms with Gasteiger partial charge in [0.25, 0.3) is 0 Å². The molecule has 1 atom stereocenters. The van der Waals surface area contributed by atoms with Crippen molar-refractivity contribution in [2.75, 3.05) is 25.0 Å². The summed E-state index contributed by atoms with van der Waals surface area (Å²) in [6.07, 6.45) is 8.99. The Kier molecular flexibility index (Phi) is 4.60. The van der Waals surface area contributed by atoms with Gasteiger partial charge < -0.3 is 14.4 Å². The van der Waals surface area contributed by atoms with E-state index >= 15 is 0 Å².